The molecule has 2 rings (SSSR count). The van der Waals surface area contributed by atoms with Crippen molar-refractivity contribution in [2.75, 3.05) is 14.2 Å². The summed E-state index contributed by atoms with van der Waals surface area (Å²) in [5.74, 6) is 1.38. The van der Waals surface area contributed by atoms with Gasteiger partial charge in [-0.2, -0.15) is 5.26 Å². The van der Waals surface area contributed by atoms with Crippen LogP contribution in [0.15, 0.2) is 12.1 Å². The fraction of sp³-hybridized carbons (Fsp3) is 0.364. The average Bonchev–Trinajstić information content (AvgIpc) is 2.19. The van der Waals surface area contributed by atoms with Crippen molar-refractivity contribution >= 4 is 0 Å². The lowest BCUT2D eigenvalue weighted by Crippen LogP contribution is -2.17. The third-order valence-electron chi connectivity index (χ3n) is 2.60. The number of fused-ring (bicyclic) bond motifs is 1. The highest BCUT2D eigenvalue weighted by molar-refractivity contribution is 5.59. The van der Waals surface area contributed by atoms with Crippen molar-refractivity contribution in [3.63, 3.8) is 0 Å². The number of benzene rings is 1. The Labute approximate surface area is 82.9 Å². The zero-order chi connectivity index (χ0) is 10.1. The zero-order valence-corrected chi connectivity index (χ0v) is 8.20. The molecule has 14 heavy (non-hydrogen) atoms. The quantitative estimate of drug-likeness (QED) is 0.713. The maximum Gasteiger partial charge on any atom is 0.165 e. The molecule has 0 N–H and O–H groups in total. The van der Waals surface area contributed by atoms with E-state index in [9.17, 15) is 0 Å². The molecule has 0 bridgehead atoms. The van der Waals surface area contributed by atoms with Crippen LogP contribution in [0.3, 0.4) is 0 Å². The van der Waals surface area contributed by atoms with Crippen LogP contribution in [0.1, 0.15) is 17.0 Å². The third-order valence-corrected chi connectivity index (χ3v) is 2.60. The lowest BCUT2D eigenvalue weighted by molar-refractivity contribution is 0.347. The molecule has 72 valence electrons. The number of nitriles is 1. The van der Waals surface area contributed by atoms with E-state index < -0.39 is 0 Å². The van der Waals surface area contributed by atoms with Crippen LogP contribution in [-0.4, -0.2) is 14.2 Å². The summed E-state index contributed by atoms with van der Waals surface area (Å²) < 4.78 is 10.4. The molecular weight excluding hydrogens is 178 g/mol. The first-order valence-corrected chi connectivity index (χ1v) is 4.45. The van der Waals surface area contributed by atoms with Gasteiger partial charge in [0.05, 0.1) is 26.2 Å². The normalized spacial score (nSPS) is 17.6. The van der Waals surface area contributed by atoms with Gasteiger partial charge in [-0.1, -0.05) is 6.07 Å². The standard InChI is InChI=1S/C11H11NO2/c1-13-9-4-3-7-5-8(6-12)10(7)11(9)14-2/h3-4,8H,5H2,1-2H3. The summed E-state index contributed by atoms with van der Waals surface area (Å²) in [4.78, 5) is 0. The van der Waals surface area contributed by atoms with Gasteiger partial charge in [-0.3, -0.25) is 0 Å². The highest BCUT2D eigenvalue weighted by Crippen LogP contribution is 2.45. The van der Waals surface area contributed by atoms with Crippen molar-refractivity contribution < 1.29 is 9.47 Å². The third kappa shape index (κ3) is 1.04. The highest BCUT2D eigenvalue weighted by Gasteiger charge is 2.31. The first kappa shape index (κ1) is 8.89. The molecule has 1 aliphatic carbocycles. The van der Waals surface area contributed by atoms with Gasteiger partial charge in [-0.05, 0) is 18.1 Å². The van der Waals surface area contributed by atoms with Crippen molar-refractivity contribution in [2.45, 2.75) is 12.3 Å². The molecule has 0 radical (unpaired) electrons. The van der Waals surface area contributed by atoms with Crippen LogP contribution >= 0.6 is 0 Å². The van der Waals surface area contributed by atoms with Crippen LogP contribution in [0.25, 0.3) is 0 Å². The highest BCUT2D eigenvalue weighted by atomic mass is 16.5. The average molecular weight is 189 g/mol. The van der Waals surface area contributed by atoms with Gasteiger partial charge in [0.2, 0.25) is 0 Å². The minimum Gasteiger partial charge on any atom is -0.493 e. The second-order valence-corrected chi connectivity index (χ2v) is 3.26. The van der Waals surface area contributed by atoms with E-state index in [1.165, 1.54) is 5.56 Å². The summed E-state index contributed by atoms with van der Waals surface area (Å²) in [6, 6.07) is 6.12. The summed E-state index contributed by atoms with van der Waals surface area (Å²) in [7, 11) is 3.20. The van der Waals surface area contributed by atoms with Crippen molar-refractivity contribution in [1.82, 2.24) is 0 Å². The lowest BCUT2D eigenvalue weighted by Gasteiger charge is -2.27. The predicted molar refractivity (Wildman–Crippen MR) is 51.6 cm³/mol. The molecule has 1 atom stereocenters. The van der Waals surface area contributed by atoms with Crippen LogP contribution in [0.2, 0.25) is 0 Å². The molecule has 0 saturated carbocycles. The van der Waals surface area contributed by atoms with Gasteiger partial charge >= 0.3 is 0 Å². The van der Waals surface area contributed by atoms with Crippen molar-refractivity contribution in [3.8, 4) is 17.6 Å². The minimum atomic E-state index is -0.0324. The Bertz CT molecular complexity index is 406. The maximum absolute atomic E-state index is 8.87. The van der Waals surface area contributed by atoms with Crippen molar-refractivity contribution in [1.29, 1.82) is 5.26 Å². The van der Waals surface area contributed by atoms with E-state index >= 15 is 0 Å². The SMILES string of the molecule is COc1ccc2c(c1OC)C(C#N)C2. The molecule has 0 spiro atoms. The lowest BCUT2D eigenvalue weighted by atomic mass is 9.77. The second-order valence-electron chi connectivity index (χ2n) is 3.26. The largest absolute Gasteiger partial charge is 0.493 e. The summed E-state index contributed by atoms with van der Waals surface area (Å²) in [5, 5.41) is 8.87. The summed E-state index contributed by atoms with van der Waals surface area (Å²) in [5.41, 5.74) is 2.18. The fourth-order valence-electron chi connectivity index (χ4n) is 1.85. The van der Waals surface area contributed by atoms with Crippen LogP contribution in [0, 0.1) is 11.3 Å². The van der Waals surface area contributed by atoms with Gasteiger partial charge in [0, 0.05) is 5.56 Å². The van der Waals surface area contributed by atoms with E-state index in [-0.39, 0.29) is 5.92 Å². The number of hydrogen-bond acceptors (Lipinski definition) is 3. The topological polar surface area (TPSA) is 42.2 Å². The van der Waals surface area contributed by atoms with Gasteiger partial charge in [-0.15, -0.1) is 0 Å². The molecule has 3 heteroatoms. The van der Waals surface area contributed by atoms with E-state index in [1.54, 1.807) is 14.2 Å². The fourth-order valence-corrected chi connectivity index (χ4v) is 1.85. The smallest absolute Gasteiger partial charge is 0.165 e. The Hall–Kier alpha value is -1.69. The first-order valence-electron chi connectivity index (χ1n) is 4.45. The van der Waals surface area contributed by atoms with Gasteiger partial charge in [0.25, 0.3) is 0 Å². The molecule has 1 aromatic rings. The minimum absolute atomic E-state index is 0.0324. The maximum atomic E-state index is 8.87. The van der Waals surface area contributed by atoms with Gasteiger partial charge in [-0.25, -0.2) is 0 Å². The molecule has 0 aromatic heterocycles. The summed E-state index contributed by atoms with van der Waals surface area (Å²) in [6.45, 7) is 0. The molecule has 0 saturated heterocycles. The molecule has 1 aromatic carbocycles. The van der Waals surface area contributed by atoms with E-state index in [1.807, 2.05) is 12.1 Å². The van der Waals surface area contributed by atoms with Crippen LogP contribution in [0.5, 0.6) is 11.5 Å². The number of methoxy groups -OCH3 is 2. The molecule has 0 fully saturated rings. The predicted octanol–water partition coefficient (Wildman–Crippen LogP) is 1.87. The van der Waals surface area contributed by atoms with Gasteiger partial charge in [0.15, 0.2) is 11.5 Å². The molecule has 0 amide bonds. The summed E-state index contributed by atoms with van der Waals surface area (Å²) in [6.07, 6.45) is 0.826. The number of nitrogens with zero attached hydrogens (tertiary/aromatic N) is 1. The van der Waals surface area contributed by atoms with E-state index in [4.69, 9.17) is 14.7 Å². The molecule has 0 heterocycles. The Kier molecular flexibility index (Phi) is 2.05. The van der Waals surface area contributed by atoms with Gasteiger partial charge < -0.3 is 9.47 Å². The van der Waals surface area contributed by atoms with Crippen LogP contribution in [0.4, 0.5) is 0 Å². The monoisotopic (exact) mass is 189 g/mol. The van der Waals surface area contributed by atoms with E-state index in [2.05, 4.69) is 6.07 Å². The van der Waals surface area contributed by atoms with Gasteiger partial charge in [0.1, 0.15) is 0 Å². The number of ether oxygens (including phenoxy) is 2. The molecule has 1 unspecified atom stereocenters. The molecule has 0 aliphatic heterocycles. The molecule has 3 nitrogen and oxygen atoms in total. The zero-order valence-electron chi connectivity index (χ0n) is 8.20. The van der Waals surface area contributed by atoms with E-state index in [0.717, 1.165) is 12.0 Å². The van der Waals surface area contributed by atoms with E-state index in [0.29, 0.717) is 11.5 Å². The number of rotatable bonds is 2. The Morgan fingerprint density at radius 2 is 2.14 bits per heavy atom. The van der Waals surface area contributed by atoms with Crippen molar-refractivity contribution in [3.05, 3.63) is 23.3 Å². The number of hydrogen-bond donors (Lipinski definition) is 0. The first-order chi connectivity index (χ1) is 6.81. The Balaban J connectivity index is 2.53. The summed E-state index contributed by atoms with van der Waals surface area (Å²) >= 11 is 0. The Morgan fingerprint density at radius 3 is 2.71 bits per heavy atom. The molecule has 1 aliphatic rings. The molecular formula is C11H11NO2. The van der Waals surface area contributed by atoms with Crippen LogP contribution < -0.4 is 9.47 Å². The second kappa shape index (κ2) is 3.22. The Morgan fingerprint density at radius 1 is 1.36 bits per heavy atom. The van der Waals surface area contributed by atoms with Crippen molar-refractivity contribution in [2.24, 2.45) is 0 Å². The van der Waals surface area contributed by atoms with Crippen LogP contribution in [-0.2, 0) is 6.42 Å².